The van der Waals surface area contributed by atoms with E-state index in [9.17, 15) is 47.9 Å². The molecule has 0 rings (SSSR count). The molecule has 110 valence electrons. The van der Waals surface area contributed by atoms with Gasteiger partial charge < -0.3 is 0 Å². The molecule has 13 heteroatoms. The van der Waals surface area contributed by atoms with Crippen molar-refractivity contribution in [2.75, 3.05) is 0 Å². The third-order valence-electron chi connectivity index (χ3n) is 1.57. The molecule has 3 nitrogen and oxygen atoms in total. The van der Waals surface area contributed by atoms with E-state index in [2.05, 4.69) is 0 Å². The van der Waals surface area contributed by atoms with Gasteiger partial charge in [0.1, 0.15) is 6.42 Å². The van der Waals surface area contributed by atoms with Gasteiger partial charge in [-0.1, -0.05) is 0 Å². The first-order valence-corrected chi connectivity index (χ1v) is 5.07. The summed E-state index contributed by atoms with van der Waals surface area (Å²) in [5, 5.41) is -6.77. The topological polar surface area (TPSA) is 54.4 Å². The zero-order valence-corrected chi connectivity index (χ0v) is 8.60. The van der Waals surface area contributed by atoms with Gasteiger partial charge in [0.25, 0.3) is 0 Å². The average molecular weight is 314 g/mol. The quantitative estimate of drug-likeness (QED) is 0.641. The highest BCUT2D eigenvalue weighted by atomic mass is 32.2. The maximum Gasteiger partial charge on any atom is 0.437 e. The van der Waals surface area contributed by atoms with Gasteiger partial charge in [0.05, 0.1) is 0 Å². The van der Waals surface area contributed by atoms with Gasteiger partial charge in [0, 0.05) is 0 Å². The predicted molar refractivity (Wildman–Crippen MR) is 37.1 cm³/mol. The van der Waals surface area contributed by atoms with E-state index >= 15 is 0 Å². The Bertz CT molecular complexity index is 408. The molecule has 0 radical (unpaired) electrons. The smallest absolute Gasteiger partial charge is 0.281 e. The van der Waals surface area contributed by atoms with Gasteiger partial charge in [0.2, 0.25) is 0 Å². The molecule has 0 aromatic rings. The zero-order chi connectivity index (χ0) is 15.2. The van der Waals surface area contributed by atoms with Crippen molar-refractivity contribution >= 4 is 10.1 Å². The normalized spacial score (nSPS) is 15.9. The molecule has 0 aromatic carbocycles. The Kier molecular flexibility index (Phi) is 3.98. The lowest BCUT2D eigenvalue weighted by atomic mass is 10.1. The predicted octanol–water partition coefficient (Wildman–Crippen LogP) is 2.69. The Labute approximate surface area is 93.3 Å². The summed E-state index contributed by atoms with van der Waals surface area (Å²) in [5.41, 5.74) is 0. The second-order valence-electron chi connectivity index (χ2n) is 3.06. The van der Waals surface area contributed by atoms with Crippen molar-refractivity contribution in [1.82, 2.24) is 0 Å². The largest absolute Gasteiger partial charge is 0.437 e. The minimum absolute atomic E-state index is 3.68. The molecule has 0 aliphatic carbocycles. The summed E-state index contributed by atoms with van der Waals surface area (Å²) in [6.07, 6.45) is -9.64. The minimum Gasteiger partial charge on any atom is -0.281 e. The summed E-state index contributed by atoms with van der Waals surface area (Å²) >= 11 is 0. The van der Waals surface area contributed by atoms with Crippen molar-refractivity contribution in [3.8, 4) is 0 Å². The maximum atomic E-state index is 12.5. The molecular weight excluding hydrogens is 311 g/mol. The fraction of sp³-hybridized carbons (Fsp3) is 1.00. The third kappa shape index (κ3) is 2.99. The van der Waals surface area contributed by atoms with Crippen LogP contribution in [0.5, 0.6) is 0 Å². The van der Waals surface area contributed by atoms with Gasteiger partial charge in [-0.15, -0.1) is 0 Å². The van der Waals surface area contributed by atoms with Crippen molar-refractivity contribution in [2.24, 2.45) is 0 Å². The van der Waals surface area contributed by atoms with E-state index in [0.717, 1.165) is 0 Å². The van der Waals surface area contributed by atoms with Gasteiger partial charge in [-0.05, 0) is 0 Å². The average Bonchev–Trinajstić information content (AvgIpc) is 1.95. The Balaban J connectivity index is 5.65. The Morgan fingerprint density at radius 1 is 0.833 bits per heavy atom. The lowest BCUT2D eigenvalue weighted by Crippen LogP contribution is -2.58. The first kappa shape index (κ1) is 17.3. The molecule has 0 fully saturated rings. The SMILES string of the molecule is O=S(=O)(O)C(F)(F)C(F)(F)C(F)(F)CC(F)(F)F. The highest BCUT2D eigenvalue weighted by Crippen LogP contribution is 2.51. The summed E-state index contributed by atoms with van der Waals surface area (Å²) in [4.78, 5) is 0. The molecule has 0 heterocycles. The standard InChI is InChI=1S/C5H3F9O3S/c6-2(7,1-3(8,9)10)4(11,12)5(13,14)18(15,16)17/h1H2,(H,15,16,17). The molecule has 0 aromatic heterocycles. The summed E-state index contributed by atoms with van der Waals surface area (Å²) in [5.74, 6) is -13.4. The molecular formula is C5H3F9O3S. The molecule has 0 atom stereocenters. The molecule has 0 bridgehead atoms. The first-order valence-electron chi connectivity index (χ1n) is 3.63. The monoisotopic (exact) mass is 314 g/mol. The second-order valence-corrected chi connectivity index (χ2v) is 4.53. The lowest BCUT2D eigenvalue weighted by Gasteiger charge is -2.31. The molecule has 0 amide bonds. The fourth-order valence-corrected chi connectivity index (χ4v) is 1.21. The van der Waals surface area contributed by atoms with Crippen LogP contribution in [0.4, 0.5) is 39.5 Å². The Morgan fingerprint density at radius 2 is 1.17 bits per heavy atom. The molecule has 0 aliphatic rings. The molecule has 0 unspecified atom stereocenters. The third-order valence-corrected chi connectivity index (χ3v) is 2.48. The minimum atomic E-state index is -7.03. The summed E-state index contributed by atoms with van der Waals surface area (Å²) in [6.45, 7) is 0. The van der Waals surface area contributed by atoms with E-state index in [4.69, 9.17) is 4.55 Å². The van der Waals surface area contributed by atoms with Crippen molar-refractivity contribution in [1.29, 1.82) is 0 Å². The van der Waals surface area contributed by atoms with E-state index in [1.165, 1.54) is 0 Å². The van der Waals surface area contributed by atoms with Crippen LogP contribution in [0.1, 0.15) is 6.42 Å². The van der Waals surface area contributed by atoms with Crippen molar-refractivity contribution < 1.29 is 52.5 Å². The van der Waals surface area contributed by atoms with Crippen LogP contribution in [0.3, 0.4) is 0 Å². The number of halogens is 9. The Hall–Kier alpha value is -0.720. The van der Waals surface area contributed by atoms with Crippen LogP contribution in [-0.2, 0) is 10.1 Å². The van der Waals surface area contributed by atoms with E-state index in [-0.39, 0.29) is 0 Å². The number of hydrogen-bond donors (Lipinski definition) is 1. The van der Waals surface area contributed by atoms with Gasteiger partial charge in [-0.2, -0.15) is 47.9 Å². The van der Waals surface area contributed by atoms with Gasteiger partial charge in [-0.25, -0.2) is 0 Å². The molecule has 0 aliphatic heterocycles. The van der Waals surface area contributed by atoms with Crippen LogP contribution in [-0.4, -0.2) is 36.2 Å². The molecule has 0 spiro atoms. The van der Waals surface area contributed by atoms with E-state index in [1.807, 2.05) is 0 Å². The van der Waals surface area contributed by atoms with Gasteiger partial charge in [-0.3, -0.25) is 4.55 Å². The van der Waals surface area contributed by atoms with Crippen molar-refractivity contribution in [3.63, 3.8) is 0 Å². The molecule has 0 saturated carbocycles. The van der Waals surface area contributed by atoms with Crippen LogP contribution < -0.4 is 0 Å². The van der Waals surface area contributed by atoms with Crippen molar-refractivity contribution in [3.05, 3.63) is 0 Å². The van der Waals surface area contributed by atoms with Crippen LogP contribution in [0.2, 0.25) is 0 Å². The number of hydrogen-bond acceptors (Lipinski definition) is 2. The molecule has 18 heavy (non-hydrogen) atoms. The summed E-state index contributed by atoms with van der Waals surface area (Å²) in [7, 11) is -7.03. The zero-order valence-electron chi connectivity index (χ0n) is 7.78. The van der Waals surface area contributed by atoms with E-state index < -0.39 is 39.8 Å². The van der Waals surface area contributed by atoms with Crippen molar-refractivity contribution in [2.45, 2.75) is 29.7 Å². The van der Waals surface area contributed by atoms with Crippen LogP contribution in [0, 0.1) is 0 Å². The van der Waals surface area contributed by atoms with E-state index in [0.29, 0.717) is 0 Å². The highest BCUT2D eigenvalue weighted by molar-refractivity contribution is 7.87. The van der Waals surface area contributed by atoms with Gasteiger partial charge in [0.15, 0.2) is 0 Å². The summed E-state index contributed by atoms with van der Waals surface area (Å²) in [6, 6.07) is 0. The molecule has 0 saturated heterocycles. The maximum absolute atomic E-state index is 12.5. The Morgan fingerprint density at radius 3 is 1.39 bits per heavy atom. The van der Waals surface area contributed by atoms with Crippen LogP contribution >= 0.6 is 0 Å². The molecule has 1 N–H and O–H groups in total. The highest BCUT2D eigenvalue weighted by Gasteiger charge is 2.78. The number of alkyl halides is 9. The summed E-state index contributed by atoms with van der Waals surface area (Å²) < 4.78 is 136. The fourth-order valence-electron chi connectivity index (χ4n) is 0.738. The van der Waals surface area contributed by atoms with Crippen LogP contribution in [0.15, 0.2) is 0 Å². The van der Waals surface area contributed by atoms with Crippen LogP contribution in [0.25, 0.3) is 0 Å². The van der Waals surface area contributed by atoms with Gasteiger partial charge >= 0.3 is 33.4 Å². The second kappa shape index (κ2) is 4.15. The van der Waals surface area contributed by atoms with E-state index in [1.54, 1.807) is 0 Å². The first-order chi connectivity index (χ1) is 7.46. The lowest BCUT2D eigenvalue weighted by molar-refractivity contribution is -0.309. The number of rotatable bonds is 4.